The van der Waals surface area contributed by atoms with Crippen LogP contribution in [0, 0.1) is 0 Å². The van der Waals surface area contributed by atoms with E-state index in [0.29, 0.717) is 17.1 Å². The molecule has 120 valence electrons. The van der Waals surface area contributed by atoms with Crippen molar-refractivity contribution in [3.8, 4) is 11.5 Å². The number of hydrogen-bond donors (Lipinski definition) is 2. The maximum Gasteiger partial charge on any atom is 0.250 e. The van der Waals surface area contributed by atoms with Crippen molar-refractivity contribution in [3.05, 3.63) is 59.7 Å². The van der Waals surface area contributed by atoms with E-state index in [1.54, 1.807) is 18.2 Å². The van der Waals surface area contributed by atoms with Crippen molar-refractivity contribution < 1.29 is 14.6 Å². The number of hydrogen-bond acceptors (Lipinski definition) is 5. The number of benzene rings is 2. The number of carbonyl (C=O) groups is 1. The molecule has 0 fully saturated rings. The third-order valence-corrected chi connectivity index (χ3v) is 3.99. The number of rotatable bonds is 7. The second kappa shape index (κ2) is 8.85. The highest BCUT2D eigenvalue weighted by atomic mass is 32.2. The Morgan fingerprint density at radius 1 is 1.26 bits per heavy atom. The Balaban J connectivity index is 1.78. The van der Waals surface area contributed by atoms with Gasteiger partial charge in [-0.25, -0.2) is 5.43 Å². The van der Waals surface area contributed by atoms with Crippen molar-refractivity contribution in [3.63, 3.8) is 0 Å². The molecule has 6 heteroatoms. The Morgan fingerprint density at radius 3 is 2.78 bits per heavy atom. The van der Waals surface area contributed by atoms with Gasteiger partial charge in [0.05, 0.1) is 19.1 Å². The molecule has 1 amide bonds. The van der Waals surface area contributed by atoms with E-state index in [9.17, 15) is 9.90 Å². The van der Waals surface area contributed by atoms with Gasteiger partial charge in [-0.15, -0.1) is 11.8 Å². The number of thioether (sulfide) groups is 1. The number of phenols is 1. The Bertz CT molecular complexity index is 675. The molecule has 0 spiro atoms. The SMILES string of the molecule is COc1cccc(C=NNC(=O)CSCc2ccccc2)c1O. The summed E-state index contributed by atoms with van der Waals surface area (Å²) in [6, 6.07) is 15.0. The van der Waals surface area contributed by atoms with E-state index in [1.165, 1.54) is 30.6 Å². The van der Waals surface area contributed by atoms with E-state index in [4.69, 9.17) is 4.74 Å². The summed E-state index contributed by atoms with van der Waals surface area (Å²) in [5.74, 6) is 1.25. The molecule has 0 unspecified atom stereocenters. The first-order valence-electron chi connectivity index (χ1n) is 7.00. The number of phenolic OH excluding ortho intramolecular Hbond substituents is 1. The van der Waals surface area contributed by atoms with Crippen molar-refractivity contribution in [2.75, 3.05) is 12.9 Å². The van der Waals surface area contributed by atoms with Gasteiger partial charge < -0.3 is 9.84 Å². The molecule has 0 aliphatic heterocycles. The molecule has 0 heterocycles. The van der Waals surface area contributed by atoms with Crippen molar-refractivity contribution in [2.45, 2.75) is 5.75 Å². The molecule has 0 aromatic heterocycles. The van der Waals surface area contributed by atoms with E-state index in [-0.39, 0.29) is 11.7 Å². The highest BCUT2D eigenvalue weighted by molar-refractivity contribution is 7.99. The number of amides is 1. The smallest absolute Gasteiger partial charge is 0.250 e. The number of hydrazone groups is 1. The van der Waals surface area contributed by atoms with Crippen LogP contribution in [0.2, 0.25) is 0 Å². The fourth-order valence-electron chi connectivity index (χ4n) is 1.85. The molecule has 0 aliphatic rings. The standard InChI is InChI=1S/C17H18N2O3S/c1-22-15-9-5-8-14(17(15)21)10-18-19-16(20)12-23-11-13-6-3-2-4-7-13/h2-10,21H,11-12H2,1H3,(H,19,20). The average Bonchev–Trinajstić information content (AvgIpc) is 2.57. The van der Waals surface area contributed by atoms with Gasteiger partial charge in [0.15, 0.2) is 11.5 Å². The Kier molecular flexibility index (Phi) is 6.50. The molecular weight excluding hydrogens is 312 g/mol. The van der Waals surface area contributed by atoms with E-state index in [2.05, 4.69) is 10.5 Å². The minimum Gasteiger partial charge on any atom is -0.504 e. The van der Waals surface area contributed by atoms with Gasteiger partial charge in [-0.2, -0.15) is 5.10 Å². The summed E-state index contributed by atoms with van der Waals surface area (Å²) in [5, 5.41) is 13.7. The monoisotopic (exact) mass is 330 g/mol. The fraction of sp³-hybridized carbons (Fsp3) is 0.176. The lowest BCUT2D eigenvalue weighted by Gasteiger charge is -2.05. The molecule has 0 atom stereocenters. The highest BCUT2D eigenvalue weighted by Crippen LogP contribution is 2.27. The van der Waals surface area contributed by atoms with Gasteiger partial charge in [0.1, 0.15) is 0 Å². The minimum absolute atomic E-state index is 0.00792. The van der Waals surface area contributed by atoms with Crippen LogP contribution in [-0.4, -0.2) is 30.1 Å². The third kappa shape index (κ3) is 5.34. The van der Waals surface area contributed by atoms with E-state index >= 15 is 0 Å². The predicted octanol–water partition coefficient (Wildman–Crippen LogP) is 2.78. The van der Waals surface area contributed by atoms with E-state index < -0.39 is 0 Å². The lowest BCUT2D eigenvalue weighted by Crippen LogP contribution is -2.19. The quantitative estimate of drug-likeness (QED) is 0.605. The van der Waals surface area contributed by atoms with Gasteiger partial charge in [0.25, 0.3) is 0 Å². The molecule has 2 aromatic carbocycles. The third-order valence-electron chi connectivity index (χ3n) is 2.99. The summed E-state index contributed by atoms with van der Waals surface area (Å²) in [5.41, 5.74) is 4.09. The topological polar surface area (TPSA) is 70.9 Å². The van der Waals surface area contributed by atoms with E-state index in [1.807, 2.05) is 30.3 Å². The summed E-state index contributed by atoms with van der Waals surface area (Å²) in [6.45, 7) is 0. The lowest BCUT2D eigenvalue weighted by atomic mass is 10.2. The van der Waals surface area contributed by atoms with Crippen LogP contribution in [0.15, 0.2) is 53.6 Å². The van der Waals surface area contributed by atoms with Crippen LogP contribution >= 0.6 is 11.8 Å². The number of nitrogens with one attached hydrogen (secondary N) is 1. The molecule has 23 heavy (non-hydrogen) atoms. The number of methoxy groups -OCH3 is 1. The van der Waals surface area contributed by atoms with Crippen LogP contribution in [-0.2, 0) is 10.5 Å². The molecule has 0 aliphatic carbocycles. The zero-order valence-electron chi connectivity index (χ0n) is 12.7. The molecule has 0 saturated carbocycles. The Hall–Kier alpha value is -2.47. The molecule has 2 N–H and O–H groups in total. The maximum absolute atomic E-state index is 11.7. The summed E-state index contributed by atoms with van der Waals surface area (Å²) in [4.78, 5) is 11.7. The van der Waals surface area contributed by atoms with Gasteiger partial charge >= 0.3 is 0 Å². The summed E-state index contributed by atoms with van der Waals surface area (Å²) < 4.78 is 5.01. The molecule has 2 aromatic rings. The normalized spacial score (nSPS) is 10.7. The first-order chi connectivity index (χ1) is 11.2. The summed E-state index contributed by atoms with van der Waals surface area (Å²) >= 11 is 1.51. The van der Waals surface area contributed by atoms with Gasteiger partial charge in [0, 0.05) is 11.3 Å². The largest absolute Gasteiger partial charge is 0.504 e. The van der Waals surface area contributed by atoms with Crippen molar-refractivity contribution in [1.82, 2.24) is 5.43 Å². The molecule has 2 rings (SSSR count). The Morgan fingerprint density at radius 2 is 2.04 bits per heavy atom. The second-order valence-electron chi connectivity index (χ2n) is 4.67. The molecule has 0 radical (unpaired) electrons. The molecule has 5 nitrogen and oxygen atoms in total. The van der Waals surface area contributed by atoms with Gasteiger partial charge in [-0.1, -0.05) is 36.4 Å². The number of para-hydroxylation sites is 1. The van der Waals surface area contributed by atoms with Crippen molar-refractivity contribution in [1.29, 1.82) is 0 Å². The fourth-order valence-corrected chi connectivity index (χ4v) is 2.63. The minimum atomic E-state index is -0.190. The van der Waals surface area contributed by atoms with E-state index in [0.717, 1.165) is 5.75 Å². The predicted molar refractivity (Wildman–Crippen MR) is 93.0 cm³/mol. The zero-order valence-corrected chi connectivity index (χ0v) is 13.5. The highest BCUT2D eigenvalue weighted by Gasteiger charge is 2.05. The van der Waals surface area contributed by atoms with Crippen LogP contribution in [0.5, 0.6) is 11.5 Å². The van der Waals surface area contributed by atoms with Crippen LogP contribution in [0.4, 0.5) is 0 Å². The van der Waals surface area contributed by atoms with Crippen LogP contribution in [0.1, 0.15) is 11.1 Å². The first kappa shape index (κ1) is 16.9. The van der Waals surface area contributed by atoms with Gasteiger partial charge in [-0.3, -0.25) is 4.79 Å². The van der Waals surface area contributed by atoms with Crippen molar-refractivity contribution in [2.24, 2.45) is 5.10 Å². The number of nitrogens with zero attached hydrogens (tertiary/aromatic N) is 1. The maximum atomic E-state index is 11.7. The molecule has 0 bridgehead atoms. The average molecular weight is 330 g/mol. The lowest BCUT2D eigenvalue weighted by molar-refractivity contribution is -0.118. The zero-order chi connectivity index (χ0) is 16.5. The first-order valence-corrected chi connectivity index (χ1v) is 8.15. The molecular formula is C17H18N2O3S. The van der Waals surface area contributed by atoms with Crippen LogP contribution in [0.25, 0.3) is 0 Å². The summed E-state index contributed by atoms with van der Waals surface area (Å²) in [6.07, 6.45) is 1.39. The van der Waals surface area contributed by atoms with Crippen LogP contribution in [0.3, 0.4) is 0 Å². The van der Waals surface area contributed by atoms with Crippen molar-refractivity contribution >= 4 is 23.9 Å². The van der Waals surface area contributed by atoms with Gasteiger partial charge in [0.2, 0.25) is 5.91 Å². The number of carbonyl (C=O) groups excluding carboxylic acids is 1. The second-order valence-corrected chi connectivity index (χ2v) is 5.66. The number of aromatic hydroxyl groups is 1. The summed E-state index contributed by atoms with van der Waals surface area (Å²) in [7, 11) is 1.47. The molecule has 0 saturated heterocycles. The number of ether oxygens (including phenoxy) is 1. The van der Waals surface area contributed by atoms with Gasteiger partial charge in [-0.05, 0) is 17.7 Å². The Labute approximate surface area is 139 Å². The van der Waals surface area contributed by atoms with Crippen LogP contribution < -0.4 is 10.2 Å².